The van der Waals surface area contributed by atoms with Gasteiger partial charge in [0.15, 0.2) is 12.8 Å². The normalized spacial score (nSPS) is 22.7. The summed E-state index contributed by atoms with van der Waals surface area (Å²) in [6, 6.07) is 5.54. The number of carbonyl (C=O) groups excluding carboxylic acids is 3. The van der Waals surface area contributed by atoms with Crippen LogP contribution in [0.15, 0.2) is 36.4 Å². The molecule has 0 bridgehead atoms. The van der Waals surface area contributed by atoms with Gasteiger partial charge in [0, 0.05) is 13.1 Å². The molecule has 16 nitrogen and oxygen atoms in total. The van der Waals surface area contributed by atoms with Gasteiger partial charge in [-0.3, -0.25) is 9.59 Å². The van der Waals surface area contributed by atoms with Crippen LogP contribution >= 0.6 is 11.6 Å². The molecule has 7 heterocycles. The molecule has 0 aliphatic carbocycles. The van der Waals surface area contributed by atoms with Gasteiger partial charge in [0.2, 0.25) is 5.91 Å². The van der Waals surface area contributed by atoms with Gasteiger partial charge >= 0.3 is 284 Å². The maximum absolute atomic E-state index is 16.2. The Labute approximate surface area is 369 Å². The number of rotatable bonds is 11. The second kappa shape index (κ2) is 18.0. The van der Waals surface area contributed by atoms with Gasteiger partial charge in [0.1, 0.15) is 5.76 Å². The number of ether oxygens (including phenoxy) is 1. The summed E-state index contributed by atoms with van der Waals surface area (Å²) in [4.78, 5) is 54.3. The summed E-state index contributed by atoms with van der Waals surface area (Å²) in [7, 11) is 3.24. The molecular formula is C42H51ClFIN11O5-. The van der Waals surface area contributed by atoms with Crippen LogP contribution in [0.25, 0.3) is 17.0 Å². The molecule has 0 radical (unpaired) electrons. The summed E-state index contributed by atoms with van der Waals surface area (Å²) >= 11 is 6.36. The van der Waals surface area contributed by atoms with Gasteiger partial charge in [0.25, 0.3) is 5.91 Å². The predicted octanol–water partition coefficient (Wildman–Crippen LogP) is 1.56. The Hall–Kier alpha value is -4.66. The standard InChI is InChI=1S/C42H51ClFIN11O5/c1-22(2)56-39-25(17-32(41(56)60)61-21-34(58)46-4)16-26(18-47-39)49-38-30(43)19-48-42(51-38)54-13-12-31(23(3)20-54)45-55-14-10-24(11-15-55)27-6-7-28-36(52-53(5)37(28)35(27)44)29-8-9-33(57)50-40(29)59/h6-7,16-19,22-24,29,31,41,60H,8-15,20-21H2,1-5H3,(H,46,58)(H,48,49,51)(H,50,57,59)/q-1/t23-,29?,31?,41?/m0/s1. The Bertz CT molecular complexity index is 2370. The summed E-state index contributed by atoms with van der Waals surface area (Å²) in [6.45, 7) is 9.45. The van der Waals surface area contributed by atoms with Gasteiger partial charge in [0.05, 0.1) is 0 Å². The first-order valence-electron chi connectivity index (χ1n) is 20.7. The number of aromatic nitrogens is 5. The number of anilines is 4. The van der Waals surface area contributed by atoms with Crippen molar-refractivity contribution >= 4 is 69.6 Å². The van der Waals surface area contributed by atoms with Crippen LogP contribution in [0, 0.1) is 11.7 Å². The average molecular weight is 971 g/mol. The van der Waals surface area contributed by atoms with E-state index >= 15 is 4.39 Å². The molecule has 4 N–H and O–H groups in total. The molecule has 1 aromatic carbocycles. The number of aryl methyl sites for hydroxylation is 1. The number of benzene rings is 1. The topological polar surface area (TPSA) is 183 Å². The van der Waals surface area contributed by atoms with Crippen LogP contribution in [0.5, 0.6) is 0 Å². The van der Waals surface area contributed by atoms with E-state index in [-0.39, 0.29) is 75.8 Å². The van der Waals surface area contributed by atoms with Crippen molar-refractivity contribution in [1.82, 2.24) is 38.5 Å². The van der Waals surface area contributed by atoms with Crippen LogP contribution < -0.4 is 47.2 Å². The minimum absolute atomic E-state index is 0.102. The second-order valence-electron chi connectivity index (χ2n) is 16.4. The van der Waals surface area contributed by atoms with E-state index in [0.29, 0.717) is 72.3 Å². The van der Waals surface area contributed by atoms with E-state index in [9.17, 15) is 19.5 Å². The first-order chi connectivity index (χ1) is 29.3. The number of fused-ring (bicyclic) bond motifs is 2. The zero-order chi connectivity index (χ0) is 43.1. The van der Waals surface area contributed by atoms with E-state index in [1.165, 1.54) is 11.7 Å². The summed E-state index contributed by atoms with van der Waals surface area (Å²) in [5.41, 5.74) is 2.97. The molecular weight excluding hydrogens is 920 g/mol. The number of piperidine rings is 3. The number of amides is 3. The Morgan fingerprint density at radius 3 is 2.64 bits per heavy atom. The quantitative estimate of drug-likeness (QED) is 0.0737. The number of pyridine rings is 1. The van der Waals surface area contributed by atoms with Crippen molar-refractivity contribution in [3.8, 4) is 0 Å². The van der Waals surface area contributed by atoms with Crippen molar-refractivity contribution in [2.75, 3.05) is 55.0 Å². The molecule has 326 valence electrons. The number of hydrogen-bond acceptors (Lipinski definition) is 13. The summed E-state index contributed by atoms with van der Waals surface area (Å²) in [5.74, 6) is 0.590. The van der Waals surface area contributed by atoms with Crippen molar-refractivity contribution in [2.45, 2.75) is 80.9 Å². The second-order valence-corrected chi connectivity index (χ2v) is 20.3. The molecule has 0 saturated carbocycles. The number of nitrogens with zero attached hydrogens (tertiary/aromatic N) is 8. The number of aliphatic hydroxyl groups excluding tert-OH is 1. The number of imide groups is 1. The molecule has 3 saturated heterocycles. The number of likely N-dealkylation sites (N-methyl/N-ethyl adjacent to an activating group) is 1. The Morgan fingerprint density at radius 2 is 1.92 bits per heavy atom. The molecule has 4 aliphatic heterocycles. The van der Waals surface area contributed by atoms with E-state index in [2.05, 4.69) is 46.0 Å². The fourth-order valence-corrected chi connectivity index (χ4v) is 12.3. The van der Waals surface area contributed by atoms with Gasteiger partial charge in [-0.2, -0.15) is 0 Å². The first kappa shape index (κ1) is 43.0. The van der Waals surface area contributed by atoms with Gasteiger partial charge < -0.3 is 20.1 Å². The molecule has 4 aliphatic rings. The minimum Gasteiger partial charge on any atom is -0.367 e. The third-order valence-electron chi connectivity index (χ3n) is 12.0. The Balaban J connectivity index is 0.878. The fraction of sp³-hybridized carbons (Fsp3) is 0.500. The third kappa shape index (κ3) is 8.86. The average Bonchev–Trinajstić information content (AvgIpc) is 3.58. The number of hydrogen-bond donors (Lipinski definition) is 4. The van der Waals surface area contributed by atoms with Crippen molar-refractivity contribution in [2.24, 2.45) is 13.0 Å². The van der Waals surface area contributed by atoms with Crippen molar-refractivity contribution in [3.63, 3.8) is 0 Å². The number of halogens is 3. The Kier molecular flexibility index (Phi) is 12.7. The van der Waals surface area contributed by atoms with Crippen LogP contribution in [0.1, 0.15) is 81.5 Å². The third-order valence-corrected chi connectivity index (χ3v) is 16.5. The molecule has 8 rings (SSSR count). The number of aliphatic hydroxyl groups is 1. The zero-order valence-corrected chi connectivity index (χ0v) is 37.7. The maximum atomic E-state index is 16.2. The van der Waals surface area contributed by atoms with Crippen LogP contribution in [-0.2, 0) is 26.2 Å². The molecule has 3 aromatic heterocycles. The molecule has 4 atom stereocenters. The molecule has 3 unspecified atom stereocenters. The van der Waals surface area contributed by atoms with Gasteiger partial charge in [-0.05, 0) is 13.8 Å². The Morgan fingerprint density at radius 1 is 1.13 bits per heavy atom. The molecule has 61 heavy (non-hydrogen) atoms. The molecule has 3 amide bonds. The van der Waals surface area contributed by atoms with Gasteiger partial charge in [-0.15, -0.1) is 0 Å². The molecule has 0 spiro atoms. The molecule has 3 fully saturated rings. The first-order valence-corrected chi connectivity index (χ1v) is 23.3. The molecule has 4 aromatic rings. The van der Waals surface area contributed by atoms with Crippen molar-refractivity contribution in [3.05, 3.63) is 64.0 Å². The van der Waals surface area contributed by atoms with Crippen LogP contribution in [-0.4, -0.2) is 107 Å². The van der Waals surface area contributed by atoms with Crippen LogP contribution in [0.4, 0.5) is 27.7 Å². The van der Waals surface area contributed by atoms with E-state index in [1.807, 2.05) is 32.0 Å². The fourth-order valence-electron chi connectivity index (χ4n) is 8.72. The van der Waals surface area contributed by atoms with E-state index in [0.717, 1.165) is 45.4 Å². The van der Waals surface area contributed by atoms with Crippen molar-refractivity contribution < 1.29 is 50.1 Å². The molecule has 19 heteroatoms. The summed E-state index contributed by atoms with van der Waals surface area (Å²) in [5, 5.41) is 24.8. The van der Waals surface area contributed by atoms with E-state index < -0.39 is 12.1 Å². The summed E-state index contributed by atoms with van der Waals surface area (Å²) < 4.78 is 26.7. The minimum atomic E-state index is -1.10. The summed E-state index contributed by atoms with van der Waals surface area (Å²) in [6.07, 6.45) is 7.26. The van der Waals surface area contributed by atoms with E-state index in [4.69, 9.17) is 21.3 Å². The van der Waals surface area contributed by atoms with Gasteiger partial charge in [-0.25, -0.2) is 0 Å². The van der Waals surface area contributed by atoms with Gasteiger partial charge in [-0.1, -0.05) is 0 Å². The zero-order valence-electron chi connectivity index (χ0n) is 34.8. The number of carbonyl (C=O) groups is 3. The monoisotopic (exact) mass is 970 g/mol. The smallest absolute Gasteiger partial charge is 0.367 e. The number of alkyl halides is 1. The van der Waals surface area contributed by atoms with Crippen molar-refractivity contribution in [1.29, 1.82) is 0 Å². The van der Waals surface area contributed by atoms with Crippen LogP contribution in [0.2, 0.25) is 5.02 Å². The predicted molar refractivity (Wildman–Crippen MR) is 225 cm³/mol. The SMILES string of the molecule is CNC(=O)COC1=Cc2cc(Nc3nc(N4CCC([I-]N5CCC(c6ccc7c(C8CCC(=O)NC8=O)nn(C)c7c6F)CC5)[C@@H](C)C4)ncc3Cl)cnc2N(C(C)C)C1O. The number of nitrogens with one attached hydrogen (secondary N) is 3. The van der Waals surface area contributed by atoms with E-state index in [1.54, 1.807) is 30.4 Å². The van der Waals surface area contributed by atoms with Crippen LogP contribution in [0.3, 0.4) is 0 Å².